The molecule has 7 nitrogen and oxygen atoms in total. The number of carboxylic acid groups (broad SMARTS) is 1. The van der Waals surface area contributed by atoms with Gasteiger partial charge in [0.1, 0.15) is 13.2 Å². The maximum absolute atomic E-state index is 12.9. The van der Waals surface area contributed by atoms with Gasteiger partial charge in [-0.05, 0) is 46.7 Å². The Bertz CT molecular complexity index is 1200. The summed E-state index contributed by atoms with van der Waals surface area (Å²) in [4.78, 5) is 37.9. The van der Waals surface area contributed by atoms with Gasteiger partial charge in [-0.3, -0.25) is 14.9 Å². The SMILES string of the molecule is CSCCN(CC(=O)O)C(=O)c1cccc(NC(=O)OCC2c3ccccc3-c3ccccc32)c1. The van der Waals surface area contributed by atoms with Crippen molar-refractivity contribution in [3.63, 3.8) is 0 Å². The lowest BCUT2D eigenvalue weighted by Gasteiger charge is -2.20. The largest absolute Gasteiger partial charge is 0.480 e. The molecule has 0 saturated heterocycles. The van der Waals surface area contributed by atoms with Gasteiger partial charge in [-0.15, -0.1) is 0 Å². The van der Waals surface area contributed by atoms with Gasteiger partial charge in [0.05, 0.1) is 0 Å². The van der Waals surface area contributed by atoms with Crippen molar-refractivity contribution in [2.24, 2.45) is 0 Å². The number of carbonyl (C=O) groups is 3. The minimum atomic E-state index is -1.08. The zero-order valence-electron chi connectivity index (χ0n) is 19.3. The molecule has 8 heteroatoms. The maximum Gasteiger partial charge on any atom is 0.411 e. The molecule has 0 bridgehead atoms. The van der Waals surface area contributed by atoms with Crippen LogP contribution in [0.3, 0.4) is 0 Å². The second-order valence-electron chi connectivity index (χ2n) is 8.14. The van der Waals surface area contributed by atoms with Crippen LogP contribution >= 0.6 is 11.8 Å². The number of carbonyl (C=O) groups excluding carboxylic acids is 2. The molecule has 180 valence electrons. The second-order valence-corrected chi connectivity index (χ2v) is 9.13. The highest BCUT2D eigenvalue weighted by atomic mass is 32.2. The van der Waals surface area contributed by atoms with Gasteiger partial charge in [0, 0.05) is 29.5 Å². The lowest BCUT2D eigenvalue weighted by molar-refractivity contribution is -0.137. The van der Waals surface area contributed by atoms with E-state index in [1.54, 1.807) is 18.2 Å². The third-order valence-corrected chi connectivity index (χ3v) is 6.47. The van der Waals surface area contributed by atoms with Crippen LogP contribution in [0.2, 0.25) is 0 Å². The Balaban J connectivity index is 1.42. The predicted octanol–water partition coefficient (Wildman–Crippen LogP) is 4.94. The highest BCUT2D eigenvalue weighted by Crippen LogP contribution is 2.44. The summed E-state index contributed by atoms with van der Waals surface area (Å²) in [6, 6.07) is 22.6. The van der Waals surface area contributed by atoms with Gasteiger partial charge in [-0.1, -0.05) is 54.6 Å². The number of anilines is 1. The van der Waals surface area contributed by atoms with Crippen molar-refractivity contribution in [2.75, 3.05) is 37.0 Å². The van der Waals surface area contributed by atoms with Crippen molar-refractivity contribution in [1.29, 1.82) is 0 Å². The van der Waals surface area contributed by atoms with Gasteiger partial charge in [0.25, 0.3) is 5.91 Å². The molecule has 3 aromatic rings. The summed E-state index contributed by atoms with van der Waals surface area (Å²) in [6.07, 6.45) is 1.27. The minimum absolute atomic E-state index is 0.0536. The maximum atomic E-state index is 12.9. The Hall–Kier alpha value is -3.78. The van der Waals surface area contributed by atoms with E-state index < -0.39 is 18.0 Å². The molecule has 1 aliphatic rings. The molecule has 4 rings (SSSR count). The number of rotatable bonds is 9. The molecule has 3 aromatic carbocycles. The topological polar surface area (TPSA) is 95.9 Å². The van der Waals surface area contributed by atoms with E-state index in [0.717, 1.165) is 22.3 Å². The molecule has 0 heterocycles. The average molecular weight is 491 g/mol. The fourth-order valence-corrected chi connectivity index (χ4v) is 4.69. The Morgan fingerprint density at radius 2 is 1.63 bits per heavy atom. The molecule has 0 spiro atoms. The third-order valence-electron chi connectivity index (χ3n) is 5.88. The lowest BCUT2D eigenvalue weighted by Crippen LogP contribution is -2.37. The smallest absolute Gasteiger partial charge is 0.411 e. The molecule has 0 atom stereocenters. The number of thioether (sulfide) groups is 1. The predicted molar refractivity (Wildman–Crippen MR) is 137 cm³/mol. The number of aliphatic carboxylic acids is 1. The molecule has 0 aromatic heterocycles. The fourth-order valence-electron chi connectivity index (χ4n) is 4.28. The molecule has 0 aliphatic heterocycles. The summed E-state index contributed by atoms with van der Waals surface area (Å²) in [7, 11) is 0. The van der Waals surface area contributed by atoms with E-state index in [-0.39, 0.29) is 19.1 Å². The molecule has 0 fully saturated rings. The first-order valence-corrected chi connectivity index (χ1v) is 12.6. The van der Waals surface area contributed by atoms with Crippen LogP contribution in [0.4, 0.5) is 10.5 Å². The minimum Gasteiger partial charge on any atom is -0.480 e. The highest BCUT2D eigenvalue weighted by Gasteiger charge is 2.29. The third kappa shape index (κ3) is 5.66. The van der Waals surface area contributed by atoms with Crippen molar-refractivity contribution in [1.82, 2.24) is 4.90 Å². The number of benzene rings is 3. The van der Waals surface area contributed by atoms with Gasteiger partial charge in [-0.25, -0.2) is 4.79 Å². The van der Waals surface area contributed by atoms with E-state index in [9.17, 15) is 14.4 Å². The average Bonchev–Trinajstić information content (AvgIpc) is 3.18. The number of fused-ring (bicyclic) bond motifs is 3. The fraction of sp³-hybridized carbons (Fsp3) is 0.222. The first-order valence-electron chi connectivity index (χ1n) is 11.2. The van der Waals surface area contributed by atoms with E-state index >= 15 is 0 Å². The van der Waals surface area contributed by atoms with Crippen LogP contribution in [0, 0.1) is 0 Å². The van der Waals surface area contributed by atoms with Crippen LogP contribution in [0.5, 0.6) is 0 Å². The standard InChI is InChI=1S/C27H26N2O5S/c1-35-14-13-29(16-25(30)31)26(32)18-7-6-8-19(15-18)28-27(33)34-17-24-22-11-4-2-9-20(22)21-10-3-5-12-23(21)24/h2-12,15,24H,13-14,16-17H2,1H3,(H,28,33)(H,30,31). The normalized spacial score (nSPS) is 11.9. The van der Waals surface area contributed by atoms with Gasteiger partial charge >= 0.3 is 12.1 Å². The molecule has 0 radical (unpaired) electrons. The van der Waals surface area contributed by atoms with E-state index in [4.69, 9.17) is 9.84 Å². The Labute approximate surface area is 208 Å². The van der Waals surface area contributed by atoms with Crippen molar-refractivity contribution < 1.29 is 24.2 Å². The lowest BCUT2D eigenvalue weighted by atomic mass is 9.98. The van der Waals surface area contributed by atoms with Crippen LogP contribution in [0.1, 0.15) is 27.4 Å². The van der Waals surface area contributed by atoms with Crippen molar-refractivity contribution in [3.05, 3.63) is 89.5 Å². The van der Waals surface area contributed by atoms with E-state index in [2.05, 4.69) is 29.6 Å². The van der Waals surface area contributed by atoms with Crippen LogP contribution in [0.15, 0.2) is 72.8 Å². The summed E-state index contributed by atoms with van der Waals surface area (Å²) in [6.45, 7) is 0.110. The molecule has 35 heavy (non-hydrogen) atoms. The van der Waals surface area contributed by atoms with Gasteiger partial charge < -0.3 is 14.7 Å². The first-order chi connectivity index (χ1) is 17.0. The summed E-state index contributed by atoms with van der Waals surface area (Å²) >= 11 is 1.53. The number of carboxylic acids is 1. The molecular weight excluding hydrogens is 464 g/mol. The first kappa shape index (κ1) is 24.3. The zero-order valence-corrected chi connectivity index (χ0v) is 20.1. The Kier molecular flexibility index (Phi) is 7.72. The van der Waals surface area contributed by atoms with Crippen molar-refractivity contribution in [3.8, 4) is 11.1 Å². The molecule has 0 saturated carbocycles. The molecule has 2 amide bonds. The van der Waals surface area contributed by atoms with Crippen LogP contribution in [-0.2, 0) is 9.53 Å². The number of ether oxygens (including phenoxy) is 1. The van der Waals surface area contributed by atoms with Crippen molar-refractivity contribution >= 4 is 35.4 Å². The number of nitrogens with one attached hydrogen (secondary N) is 1. The monoisotopic (exact) mass is 490 g/mol. The number of nitrogens with zero attached hydrogens (tertiary/aromatic N) is 1. The van der Waals surface area contributed by atoms with Gasteiger partial charge in [0.2, 0.25) is 0 Å². The van der Waals surface area contributed by atoms with Gasteiger partial charge in [-0.2, -0.15) is 11.8 Å². The summed E-state index contributed by atoms with van der Waals surface area (Å²) in [5.41, 5.74) is 5.24. The Morgan fingerprint density at radius 3 is 2.26 bits per heavy atom. The second kappa shape index (κ2) is 11.1. The summed E-state index contributed by atoms with van der Waals surface area (Å²) in [5, 5.41) is 11.8. The molecule has 1 aliphatic carbocycles. The van der Waals surface area contributed by atoms with Crippen LogP contribution in [0.25, 0.3) is 11.1 Å². The number of hydrogen-bond donors (Lipinski definition) is 2. The summed E-state index contributed by atoms with van der Waals surface area (Å²) < 4.78 is 5.57. The Morgan fingerprint density at radius 1 is 0.971 bits per heavy atom. The molecule has 0 unspecified atom stereocenters. The molecular formula is C27H26N2O5S. The van der Waals surface area contributed by atoms with E-state index in [1.165, 1.54) is 22.7 Å². The zero-order chi connectivity index (χ0) is 24.8. The quantitative estimate of drug-likeness (QED) is 0.441. The number of hydrogen-bond acceptors (Lipinski definition) is 5. The van der Waals surface area contributed by atoms with Crippen molar-refractivity contribution in [2.45, 2.75) is 5.92 Å². The molecule has 2 N–H and O–H groups in total. The van der Waals surface area contributed by atoms with Crippen LogP contribution in [-0.4, -0.2) is 59.7 Å². The number of amides is 2. The summed E-state index contributed by atoms with van der Waals surface area (Å²) in [5.74, 6) is -0.913. The van der Waals surface area contributed by atoms with E-state index in [1.807, 2.05) is 30.5 Å². The van der Waals surface area contributed by atoms with Gasteiger partial charge in [0.15, 0.2) is 0 Å². The van der Waals surface area contributed by atoms with E-state index in [0.29, 0.717) is 23.5 Å². The van der Waals surface area contributed by atoms with Crippen LogP contribution < -0.4 is 5.32 Å². The highest BCUT2D eigenvalue weighted by molar-refractivity contribution is 7.98.